The first-order valence-electron chi connectivity index (χ1n) is 10.7. The lowest BCUT2D eigenvalue weighted by Crippen LogP contribution is -2.15. The number of amides is 1. The van der Waals surface area contributed by atoms with Gasteiger partial charge in [-0.1, -0.05) is 41.0 Å². The van der Waals surface area contributed by atoms with Gasteiger partial charge in [-0.05, 0) is 50.2 Å². The number of thioether (sulfide) groups is 1. The van der Waals surface area contributed by atoms with Gasteiger partial charge in [0.05, 0.1) is 22.9 Å². The molecule has 1 heterocycles. The number of hydrogen-bond acceptors (Lipinski definition) is 7. The molecular weight excluding hydrogens is 511 g/mol. The molecule has 8 nitrogen and oxygen atoms in total. The van der Waals surface area contributed by atoms with Crippen molar-refractivity contribution in [3.63, 3.8) is 0 Å². The van der Waals surface area contributed by atoms with E-state index in [1.807, 2.05) is 11.5 Å². The van der Waals surface area contributed by atoms with Crippen molar-refractivity contribution in [3.05, 3.63) is 76.6 Å². The van der Waals surface area contributed by atoms with Crippen LogP contribution in [0.15, 0.2) is 60.3 Å². The van der Waals surface area contributed by atoms with E-state index < -0.39 is 12.1 Å². The number of allylic oxidation sites excluding steroid dienone is 1. The van der Waals surface area contributed by atoms with Gasteiger partial charge in [0.2, 0.25) is 5.91 Å². The molecule has 0 aliphatic heterocycles. The maximum absolute atomic E-state index is 12.5. The molecule has 2 aromatic carbocycles. The molecule has 3 aromatic rings. The molecule has 0 saturated carbocycles. The molecule has 0 bridgehead atoms. The Hall–Kier alpha value is -3.01. The summed E-state index contributed by atoms with van der Waals surface area (Å²) in [5.74, 6) is 0.447. The third kappa shape index (κ3) is 7.24. The van der Waals surface area contributed by atoms with Crippen LogP contribution in [0.3, 0.4) is 0 Å². The van der Waals surface area contributed by atoms with Gasteiger partial charge in [-0.3, -0.25) is 9.36 Å². The third-order valence-electron chi connectivity index (χ3n) is 4.63. The van der Waals surface area contributed by atoms with Crippen LogP contribution in [0.2, 0.25) is 10.0 Å². The molecule has 1 N–H and O–H groups in total. The number of benzene rings is 2. The number of aromatic nitrogens is 3. The zero-order valence-electron chi connectivity index (χ0n) is 19.2. The van der Waals surface area contributed by atoms with Gasteiger partial charge in [0.15, 0.2) is 17.1 Å². The predicted octanol–water partition coefficient (Wildman–Crippen LogP) is 5.82. The second-order valence-corrected chi connectivity index (χ2v) is 9.00. The molecule has 1 aromatic heterocycles. The van der Waals surface area contributed by atoms with Gasteiger partial charge in [-0.15, -0.1) is 16.8 Å². The zero-order valence-corrected chi connectivity index (χ0v) is 21.5. The first-order chi connectivity index (χ1) is 16.8. The molecule has 0 aliphatic rings. The highest BCUT2D eigenvalue weighted by molar-refractivity contribution is 7.99. The summed E-state index contributed by atoms with van der Waals surface area (Å²) < 4.78 is 12.7. The van der Waals surface area contributed by atoms with Gasteiger partial charge in [0.25, 0.3) is 0 Å². The van der Waals surface area contributed by atoms with Crippen LogP contribution in [0.25, 0.3) is 0 Å². The molecule has 0 fully saturated rings. The Morgan fingerprint density at radius 1 is 1.20 bits per heavy atom. The predicted molar refractivity (Wildman–Crippen MR) is 137 cm³/mol. The molecule has 35 heavy (non-hydrogen) atoms. The van der Waals surface area contributed by atoms with Crippen LogP contribution in [-0.4, -0.2) is 39.0 Å². The highest BCUT2D eigenvalue weighted by atomic mass is 35.5. The zero-order chi connectivity index (χ0) is 25.4. The highest BCUT2D eigenvalue weighted by Gasteiger charge is 2.21. The van der Waals surface area contributed by atoms with Crippen molar-refractivity contribution in [2.45, 2.75) is 31.7 Å². The summed E-state index contributed by atoms with van der Waals surface area (Å²) in [4.78, 5) is 24.2. The number of esters is 1. The monoisotopic (exact) mass is 534 g/mol. The first kappa shape index (κ1) is 26.6. The molecule has 184 valence electrons. The van der Waals surface area contributed by atoms with Gasteiger partial charge in [-0.25, -0.2) is 4.79 Å². The summed E-state index contributed by atoms with van der Waals surface area (Å²) in [6.45, 7) is 8.08. The SMILES string of the molecule is C=CCn1c(SCC(=O)Nc2ccc(C(=O)OCC)cc2)nnc1C(C)Oc1cc(Cl)ccc1Cl. The molecule has 0 saturated heterocycles. The molecule has 0 aliphatic carbocycles. The number of ether oxygens (including phenoxy) is 2. The number of anilines is 1. The van der Waals surface area contributed by atoms with Gasteiger partial charge < -0.3 is 14.8 Å². The second-order valence-electron chi connectivity index (χ2n) is 7.21. The fourth-order valence-electron chi connectivity index (χ4n) is 3.05. The van der Waals surface area contributed by atoms with Gasteiger partial charge in [-0.2, -0.15) is 0 Å². The van der Waals surface area contributed by atoms with Crippen LogP contribution < -0.4 is 10.1 Å². The van der Waals surface area contributed by atoms with E-state index in [1.165, 1.54) is 11.8 Å². The van der Waals surface area contributed by atoms with E-state index >= 15 is 0 Å². The van der Waals surface area contributed by atoms with Crippen molar-refractivity contribution in [2.24, 2.45) is 0 Å². The average molecular weight is 535 g/mol. The lowest BCUT2D eigenvalue weighted by molar-refractivity contribution is -0.113. The number of carbonyl (C=O) groups is 2. The van der Waals surface area contributed by atoms with Crippen molar-refractivity contribution >= 4 is 52.5 Å². The summed E-state index contributed by atoms with van der Waals surface area (Å²) in [5.41, 5.74) is 0.983. The van der Waals surface area contributed by atoms with Crippen LogP contribution in [0.5, 0.6) is 5.75 Å². The van der Waals surface area contributed by atoms with Crippen LogP contribution in [-0.2, 0) is 16.1 Å². The average Bonchev–Trinajstić information content (AvgIpc) is 3.23. The van der Waals surface area contributed by atoms with Crippen LogP contribution in [0, 0.1) is 0 Å². The van der Waals surface area contributed by atoms with Crippen LogP contribution >= 0.6 is 35.0 Å². The van der Waals surface area contributed by atoms with Crippen molar-refractivity contribution in [2.75, 3.05) is 17.7 Å². The fraction of sp³-hybridized carbons (Fsp3) is 0.250. The first-order valence-corrected chi connectivity index (χ1v) is 12.4. The normalized spacial score (nSPS) is 11.5. The maximum Gasteiger partial charge on any atom is 0.338 e. The Morgan fingerprint density at radius 2 is 1.94 bits per heavy atom. The van der Waals surface area contributed by atoms with Crippen LogP contribution in [0.1, 0.15) is 36.1 Å². The summed E-state index contributed by atoms with van der Waals surface area (Å²) in [6, 6.07) is 11.5. The summed E-state index contributed by atoms with van der Waals surface area (Å²) in [5, 5.41) is 12.7. The molecule has 0 radical (unpaired) electrons. The van der Waals surface area contributed by atoms with E-state index in [0.29, 0.717) is 51.2 Å². The van der Waals surface area contributed by atoms with Gasteiger partial charge in [0.1, 0.15) is 5.75 Å². The smallest absolute Gasteiger partial charge is 0.338 e. The molecule has 1 unspecified atom stereocenters. The van der Waals surface area contributed by atoms with E-state index in [1.54, 1.807) is 55.5 Å². The molecule has 1 amide bonds. The quantitative estimate of drug-likeness (QED) is 0.188. The largest absolute Gasteiger partial charge is 0.481 e. The minimum atomic E-state index is -0.487. The minimum absolute atomic E-state index is 0.101. The van der Waals surface area contributed by atoms with Crippen molar-refractivity contribution in [1.29, 1.82) is 0 Å². The van der Waals surface area contributed by atoms with Crippen LogP contribution in [0.4, 0.5) is 5.69 Å². The van der Waals surface area contributed by atoms with E-state index in [0.717, 1.165) is 0 Å². The van der Waals surface area contributed by atoms with Crippen molar-refractivity contribution in [1.82, 2.24) is 14.8 Å². The summed E-state index contributed by atoms with van der Waals surface area (Å²) in [7, 11) is 0. The lowest BCUT2D eigenvalue weighted by atomic mass is 10.2. The third-order valence-corrected chi connectivity index (χ3v) is 6.14. The Morgan fingerprint density at radius 3 is 2.63 bits per heavy atom. The number of nitrogens with one attached hydrogen (secondary N) is 1. The molecule has 0 spiro atoms. The Labute approximate surface area is 217 Å². The number of rotatable bonds is 11. The number of carbonyl (C=O) groups excluding carboxylic acids is 2. The molecule has 11 heteroatoms. The van der Waals surface area contributed by atoms with Crippen molar-refractivity contribution in [3.8, 4) is 5.75 Å². The maximum atomic E-state index is 12.5. The number of hydrogen-bond donors (Lipinski definition) is 1. The van der Waals surface area contributed by atoms with E-state index in [-0.39, 0.29) is 11.7 Å². The van der Waals surface area contributed by atoms with E-state index in [9.17, 15) is 9.59 Å². The Kier molecular flexibility index (Phi) is 9.59. The standard InChI is InChI=1S/C24H24Cl2N4O4S/c1-4-12-30-22(15(3)34-20-13-17(25)8-11-19(20)26)28-29-24(30)35-14-21(31)27-18-9-6-16(7-10-18)23(32)33-5-2/h4,6-11,13,15H,1,5,12,14H2,2-3H3,(H,27,31). The highest BCUT2D eigenvalue weighted by Crippen LogP contribution is 2.32. The van der Waals surface area contributed by atoms with Gasteiger partial charge in [0, 0.05) is 23.3 Å². The summed E-state index contributed by atoms with van der Waals surface area (Å²) in [6.07, 6.45) is 1.22. The number of halogens is 2. The van der Waals surface area contributed by atoms with Gasteiger partial charge >= 0.3 is 5.97 Å². The minimum Gasteiger partial charge on any atom is -0.481 e. The second kappa shape index (κ2) is 12.6. The van der Waals surface area contributed by atoms with E-state index in [2.05, 4.69) is 22.1 Å². The molecule has 1 atom stereocenters. The topological polar surface area (TPSA) is 95.3 Å². The van der Waals surface area contributed by atoms with Crippen molar-refractivity contribution < 1.29 is 19.1 Å². The molecular formula is C24H24Cl2N4O4S. The lowest BCUT2D eigenvalue weighted by Gasteiger charge is -2.16. The Balaban J connectivity index is 1.64. The summed E-state index contributed by atoms with van der Waals surface area (Å²) >= 11 is 13.5. The molecule has 3 rings (SSSR count). The Bertz CT molecular complexity index is 1200. The number of nitrogens with zero attached hydrogens (tertiary/aromatic N) is 3. The van der Waals surface area contributed by atoms with E-state index in [4.69, 9.17) is 32.7 Å². The fourth-order valence-corrected chi connectivity index (χ4v) is 4.13.